The zero-order valence-electron chi connectivity index (χ0n) is 12.5. The van der Waals surface area contributed by atoms with Crippen LogP contribution in [0.2, 0.25) is 0 Å². The summed E-state index contributed by atoms with van der Waals surface area (Å²) < 4.78 is 0. The van der Waals surface area contributed by atoms with Crippen molar-refractivity contribution in [1.82, 2.24) is 0 Å². The molecule has 0 radical (unpaired) electrons. The third-order valence-electron chi connectivity index (χ3n) is 3.54. The van der Waals surface area contributed by atoms with E-state index in [0.717, 1.165) is 6.42 Å². The molecular weight excluding hydrogens is 218 g/mol. The maximum atomic E-state index is 6.37. The van der Waals surface area contributed by atoms with Gasteiger partial charge in [-0.3, -0.25) is 0 Å². The van der Waals surface area contributed by atoms with Crippen molar-refractivity contribution >= 4 is 0 Å². The van der Waals surface area contributed by atoms with Crippen molar-refractivity contribution in [3.05, 3.63) is 35.4 Å². The minimum Gasteiger partial charge on any atom is -0.324 e. The molecule has 0 aromatic heterocycles. The van der Waals surface area contributed by atoms with Crippen LogP contribution >= 0.6 is 0 Å². The molecule has 1 aromatic rings. The Balaban J connectivity index is 2.70. The van der Waals surface area contributed by atoms with Crippen LogP contribution in [0.25, 0.3) is 0 Å². The summed E-state index contributed by atoms with van der Waals surface area (Å²) in [6.45, 7) is 9.02. The summed E-state index contributed by atoms with van der Waals surface area (Å²) in [7, 11) is 0. The fraction of sp³-hybridized carbons (Fsp3) is 0.647. The number of unbranched alkanes of at least 4 members (excludes halogenated alkanes) is 3. The standard InChI is InChI=1S/C17H29N/c1-5-6-7-8-13-16(18)14-11-9-10-12-15(14)17(2,3)4/h9-12,16H,5-8,13,18H2,1-4H3. The quantitative estimate of drug-likeness (QED) is 0.707. The van der Waals surface area contributed by atoms with Gasteiger partial charge < -0.3 is 5.73 Å². The molecule has 0 saturated heterocycles. The van der Waals surface area contributed by atoms with E-state index in [1.807, 2.05) is 0 Å². The Bertz CT molecular complexity index is 349. The fourth-order valence-corrected chi connectivity index (χ4v) is 2.45. The molecule has 2 N–H and O–H groups in total. The average molecular weight is 247 g/mol. The second kappa shape index (κ2) is 6.94. The molecule has 0 spiro atoms. The predicted molar refractivity (Wildman–Crippen MR) is 80.8 cm³/mol. The second-order valence-electron chi connectivity index (χ2n) is 6.29. The van der Waals surface area contributed by atoms with Crippen LogP contribution in [0.3, 0.4) is 0 Å². The average Bonchev–Trinajstić information content (AvgIpc) is 2.33. The highest BCUT2D eigenvalue weighted by molar-refractivity contribution is 5.34. The molecule has 102 valence electrons. The lowest BCUT2D eigenvalue weighted by Gasteiger charge is -2.25. The molecule has 0 aliphatic rings. The van der Waals surface area contributed by atoms with Crippen LogP contribution in [-0.4, -0.2) is 0 Å². The SMILES string of the molecule is CCCCCCC(N)c1ccccc1C(C)(C)C. The number of hydrogen-bond acceptors (Lipinski definition) is 1. The van der Waals surface area contributed by atoms with Gasteiger partial charge in [-0.15, -0.1) is 0 Å². The highest BCUT2D eigenvalue weighted by Crippen LogP contribution is 2.30. The summed E-state index contributed by atoms with van der Waals surface area (Å²) in [5, 5.41) is 0. The molecule has 18 heavy (non-hydrogen) atoms. The van der Waals surface area contributed by atoms with Crippen LogP contribution < -0.4 is 5.73 Å². The number of rotatable bonds is 6. The summed E-state index contributed by atoms with van der Waals surface area (Å²) in [6, 6.07) is 8.84. The van der Waals surface area contributed by atoms with Crippen LogP contribution in [0, 0.1) is 0 Å². The van der Waals surface area contributed by atoms with E-state index in [1.54, 1.807) is 0 Å². The van der Waals surface area contributed by atoms with Gasteiger partial charge in [0.1, 0.15) is 0 Å². The van der Waals surface area contributed by atoms with Crippen molar-refractivity contribution in [2.75, 3.05) is 0 Å². The zero-order valence-corrected chi connectivity index (χ0v) is 12.5. The van der Waals surface area contributed by atoms with E-state index in [0.29, 0.717) is 0 Å². The highest BCUT2D eigenvalue weighted by Gasteiger charge is 2.20. The Hall–Kier alpha value is -0.820. The van der Waals surface area contributed by atoms with Crippen LogP contribution in [0.4, 0.5) is 0 Å². The van der Waals surface area contributed by atoms with Crippen LogP contribution in [-0.2, 0) is 5.41 Å². The van der Waals surface area contributed by atoms with Crippen molar-refractivity contribution in [3.8, 4) is 0 Å². The smallest absolute Gasteiger partial charge is 0.0297 e. The first-order chi connectivity index (χ1) is 8.46. The Morgan fingerprint density at radius 1 is 1.06 bits per heavy atom. The summed E-state index contributed by atoms with van der Waals surface area (Å²) in [5.74, 6) is 0. The van der Waals surface area contributed by atoms with Crippen LogP contribution in [0.15, 0.2) is 24.3 Å². The molecular formula is C17H29N. The molecule has 0 saturated carbocycles. The van der Waals surface area contributed by atoms with E-state index >= 15 is 0 Å². The third-order valence-corrected chi connectivity index (χ3v) is 3.54. The molecule has 1 nitrogen and oxygen atoms in total. The van der Waals surface area contributed by atoms with E-state index in [-0.39, 0.29) is 11.5 Å². The molecule has 1 heteroatoms. The maximum absolute atomic E-state index is 6.37. The number of nitrogens with two attached hydrogens (primary N) is 1. The third kappa shape index (κ3) is 4.45. The van der Waals surface area contributed by atoms with Gasteiger partial charge >= 0.3 is 0 Å². The van der Waals surface area contributed by atoms with E-state index < -0.39 is 0 Å². The first-order valence-electron chi connectivity index (χ1n) is 7.31. The lowest BCUT2D eigenvalue weighted by molar-refractivity contribution is 0.536. The topological polar surface area (TPSA) is 26.0 Å². The van der Waals surface area contributed by atoms with Gasteiger partial charge in [0.2, 0.25) is 0 Å². The Labute approximate surface area is 113 Å². The normalized spacial score (nSPS) is 13.6. The van der Waals surface area contributed by atoms with E-state index in [2.05, 4.69) is 52.0 Å². The molecule has 1 rings (SSSR count). The predicted octanol–water partition coefficient (Wildman–Crippen LogP) is 4.95. The van der Waals surface area contributed by atoms with Gasteiger partial charge in [-0.05, 0) is 23.0 Å². The summed E-state index contributed by atoms with van der Waals surface area (Å²) in [5.41, 5.74) is 9.28. The van der Waals surface area contributed by atoms with Gasteiger partial charge in [0.05, 0.1) is 0 Å². The molecule has 0 amide bonds. The van der Waals surface area contributed by atoms with Gasteiger partial charge in [-0.2, -0.15) is 0 Å². The van der Waals surface area contributed by atoms with Gasteiger partial charge in [0.25, 0.3) is 0 Å². The lowest BCUT2D eigenvalue weighted by Crippen LogP contribution is -2.19. The van der Waals surface area contributed by atoms with Crippen LogP contribution in [0.5, 0.6) is 0 Å². The van der Waals surface area contributed by atoms with E-state index in [4.69, 9.17) is 5.73 Å². The van der Waals surface area contributed by atoms with Crippen molar-refractivity contribution in [2.24, 2.45) is 5.73 Å². The fourth-order valence-electron chi connectivity index (χ4n) is 2.45. The summed E-state index contributed by atoms with van der Waals surface area (Å²) in [6.07, 6.45) is 6.27. The monoisotopic (exact) mass is 247 g/mol. The molecule has 1 unspecified atom stereocenters. The van der Waals surface area contributed by atoms with Crippen molar-refractivity contribution < 1.29 is 0 Å². The molecule has 0 bridgehead atoms. The van der Waals surface area contributed by atoms with E-state index in [1.165, 1.54) is 36.8 Å². The van der Waals surface area contributed by atoms with Gasteiger partial charge in [0.15, 0.2) is 0 Å². The molecule has 1 atom stereocenters. The minimum absolute atomic E-state index is 0.178. The van der Waals surface area contributed by atoms with E-state index in [9.17, 15) is 0 Å². The Morgan fingerprint density at radius 3 is 2.33 bits per heavy atom. The first-order valence-corrected chi connectivity index (χ1v) is 7.31. The molecule has 0 aliphatic heterocycles. The summed E-state index contributed by atoms with van der Waals surface area (Å²) >= 11 is 0. The molecule has 1 aromatic carbocycles. The lowest BCUT2D eigenvalue weighted by atomic mass is 9.81. The molecule has 0 heterocycles. The van der Waals surface area contributed by atoms with Crippen LogP contribution in [0.1, 0.15) is 77.0 Å². The van der Waals surface area contributed by atoms with Crippen molar-refractivity contribution in [2.45, 2.75) is 71.3 Å². The number of hydrogen-bond donors (Lipinski definition) is 1. The van der Waals surface area contributed by atoms with Gasteiger partial charge in [-0.25, -0.2) is 0 Å². The second-order valence-corrected chi connectivity index (χ2v) is 6.29. The molecule has 0 fully saturated rings. The summed E-state index contributed by atoms with van der Waals surface area (Å²) in [4.78, 5) is 0. The minimum atomic E-state index is 0.178. The van der Waals surface area contributed by atoms with Gasteiger partial charge in [-0.1, -0.05) is 77.6 Å². The Kier molecular flexibility index (Phi) is 5.87. The van der Waals surface area contributed by atoms with Crippen molar-refractivity contribution in [1.29, 1.82) is 0 Å². The van der Waals surface area contributed by atoms with Crippen molar-refractivity contribution in [3.63, 3.8) is 0 Å². The highest BCUT2D eigenvalue weighted by atomic mass is 14.6. The molecule has 0 aliphatic carbocycles. The zero-order chi connectivity index (χ0) is 13.6. The largest absolute Gasteiger partial charge is 0.324 e. The maximum Gasteiger partial charge on any atom is 0.0297 e. The Morgan fingerprint density at radius 2 is 1.72 bits per heavy atom. The number of benzene rings is 1. The first kappa shape index (κ1) is 15.2. The van der Waals surface area contributed by atoms with Gasteiger partial charge in [0, 0.05) is 6.04 Å².